The van der Waals surface area contributed by atoms with Gasteiger partial charge in [-0.25, -0.2) is 0 Å². The summed E-state index contributed by atoms with van der Waals surface area (Å²) >= 11 is 0. The normalized spacial score (nSPS) is 30.1. The van der Waals surface area contributed by atoms with Gasteiger partial charge < -0.3 is 10.1 Å². The van der Waals surface area contributed by atoms with Crippen molar-refractivity contribution in [1.29, 1.82) is 0 Å². The number of rotatable bonds is 3. The molecule has 2 aliphatic rings. The summed E-state index contributed by atoms with van der Waals surface area (Å²) in [6.45, 7) is 1.54. The van der Waals surface area contributed by atoms with Gasteiger partial charge in [-0.1, -0.05) is 30.3 Å². The fourth-order valence-electron chi connectivity index (χ4n) is 2.73. The molecule has 0 atom stereocenters. The maximum absolute atomic E-state index is 12.0. The third-order valence-electron chi connectivity index (χ3n) is 4.18. The van der Waals surface area contributed by atoms with E-state index in [0.29, 0.717) is 12.1 Å². The summed E-state index contributed by atoms with van der Waals surface area (Å²) < 4.78 is 5.40. The third kappa shape index (κ3) is 2.56. The monoisotopic (exact) mass is 245 g/mol. The highest BCUT2D eigenvalue weighted by atomic mass is 16.5. The summed E-state index contributed by atoms with van der Waals surface area (Å²) in [6.07, 6.45) is 4.19. The van der Waals surface area contributed by atoms with Crippen LogP contribution in [0.2, 0.25) is 0 Å². The zero-order valence-corrected chi connectivity index (χ0v) is 10.5. The molecule has 1 saturated heterocycles. The first-order chi connectivity index (χ1) is 8.77. The van der Waals surface area contributed by atoms with Crippen molar-refractivity contribution in [3.63, 3.8) is 0 Å². The Morgan fingerprint density at radius 3 is 2.56 bits per heavy atom. The summed E-state index contributed by atoms with van der Waals surface area (Å²) in [5.74, 6) is 0.0936. The van der Waals surface area contributed by atoms with Crippen LogP contribution in [0.25, 0.3) is 0 Å². The summed E-state index contributed by atoms with van der Waals surface area (Å²) in [5.41, 5.74) is 1.46. The second-order valence-electron chi connectivity index (χ2n) is 5.50. The molecule has 0 bridgehead atoms. The second-order valence-corrected chi connectivity index (χ2v) is 5.50. The summed E-state index contributed by atoms with van der Waals surface area (Å²) in [7, 11) is 0. The van der Waals surface area contributed by atoms with Gasteiger partial charge in [-0.2, -0.15) is 0 Å². The van der Waals surface area contributed by atoms with E-state index in [4.69, 9.17) is 4.74 Å². The molecule has 1 heterocycles. The molecule has 1 saturated carbocycles. The van der Waals surface area contributed by atoms with E-state index in [1.165, 1.54) is 0 Å². The molecule has 0 amide bonds. The van der Waals surface area contributed by atoms with Crippen LogP contribution in [0.4, 0.5) is 0 Å². The number of hydrogen-bond acceptors (Lipinski definition) is 3. The largest absolute Gasteiger partial charge is 0.461 e. The lowest BCUT2D eigenvalue weighted by molar-refractivity contribution is -0.151. The maximum atomic E-state index is 12.0. The average Bonchev–Trinajstić information content (AvgIpc) is 3.17. The molecular formula is C15H19NO2. The molecule has 1 aromatic carbocycles. The first-order valence-corrected chi connectivity index (χ1v) is 6.73. The molecule has 0 aromatic heterocycles. The maximum Gasteiger partial charge on any atom is 0.309 e. The Morgan fingerprint density at radius 1 is 1.28 bits per heavy atom. The van der Waals surface area contributed by atoms with Crippen LogP contribution < -0.4 is 5.32 Å². The standard InChI is InChI=1S/C15H19NO2/c17-14(18-10-12-4-2-1-3-5-12)13-6-8-15(9-7-13)11-16-15/h1-5,13,16H,6-11H2. The number of carbonyl (C=O) groups is 1. The Labute approximate surface area is 108 Å². The lowest BCUT2D eigenvalue weighted by Gasteiger charge is -2.25. The Hall–Kier alpha value is -1.35. The minimum absolute atomic E-state index is 0.0191. The quantitative estimate of drug-likeness (QED) is 0.656. The third-order valence-corrected chi connectivity index (χ3v) is 4.18. The minimum Gasteiger partial charge on any atom is -0.461 e. The van der Waals surface area contributed by atoms with Gasteiger partial charge in [-0.05, 0) is 31.2 Å². The lowest BCUT2D eigenvalue weighted by Crippen LogP contribution is -2.29. The number of carbonyl (C=O) groups excluding carboxylic acids is 1. The molecule has 1 spiro atoms. The van der Waals surface area contributed by atoms with Gasteiger partial charge in [-0.3, -0.25) is 4.79 Å². The number of esters is 1. The van der Waals surface area contributed by atoms with Crippen molar-refractivity contribution in [2.75, 3.05) is 6.54 Å². The molecular weight excluding hydrogens is 226 g/mol. The van der Waals surface area contributed by atoms with E-state index in [9.17, 15) is 4.79 Å². The van der Waals surface area contributed by atoms with Crippen molar-refractivity contribution >= 4 is 5.97 Å². The zero-order chi connectivity index (χ0) is 12.4. The molecule has 3 nitrogen and oxygen atoms in total. The fourth-order valence-corrected chi connectivity index (χ4v) is 2.73. The van der Waals surface area contributed by atoms with E-state index < -0.39 is 0 Å². The molecule has 18 heavy (non-hydrogen) atoms. The second kappa shape index (κ2) is 4.73. The molecule has 1 N–H and O–H groups in total. The van der Waals surface area contributed by atoms with Crippen molar-refractivity contribution in [2.24, 2.45) is 5.92 Å². The van der Waals surface area contributed by atoms with Crippen molar-refractivity contribution in [3.8, 4) is 0 Å². The first kappa shape index (κ1) is 11.7. The van der Waals surface area contributed by atoms with Crippen LogP contribution in [0.15, 0.2) is 30.3 Å². The predicted octanol–water partition coefficient (Wildman–Crippen LogP) is 2.26. The molecule has 0 radical (unpaired) electrons. The SMILES string of the molecule is O=C(OCc1ccccc1)C1CCC2(CC1)CN2. The Kier molecular flexibility index (Phi) is 3.08. The van der Waals surface area contributed by atoms with Crippen LogP contribution in [-0.4, -0.2) is 18.1 Å². The van der Waals surface area contributed by atoms with Crippen LogP contribution in [0, 0.1) is 5.92 Å². The highest BCUT2D eigenvalue weighted by Crippen LogP contribution is 2.38. The van der Waals surface area contributed by atoms with Gasteiger partial charge in [0.1, 0.15) is 6.61 Å². The van der Waals surface area contributed by atoms with E-state index in [0.717, 1.165) is 37.8 Å². The van der Waals surface area contributed by atoms with Crippen LogP contribution >= 0.6 is 0 Å². The summed E-state index contributed by atoms with van der Waals surface area (Å²) in [6, 6.07) is 9.86. The van der Waals surface area contributed by atoms with E-state index in [-0.39, 0.29) is 11.9 Å². The van der Waals surface area contributed by atoms with Crippen molar-refractivity contribution in [3.05, 3.63) is 35.9 Å². The lowest BCUT2D eigenvalue weighted by atomic mass is 9.82. The van der Waals surface area contributed by atoms with Gasteiger partial charge in [-0.15, -0.1) is 0 Å². The van der Waals surface area contributed by atoms with Crippen molar-refractivity contribution < 1.29 is 9.53 Å². The summed E-state index contributed by atoms with van der Waals surface area (Å²) in [4.78, 5) is 12.0. The molecule has 1 aliphatic carbocycles. The number of nitrogens with one attached hydrogen (secondary N) is 1. The molecule has 3 heteroatoms. The molecule has 2 fully saturated rings. The summed E-state index contributed by atoms with van der Waals surface area (Å²) in [5, 5.41) is 3.41. The Bertz CT molecular complexity index is 415. The minimum atomic E-state index is -0.0191. The van der Waals surface area contributed by atoms with Crippen LogP contribution in [0.1, 0.15) is 31.2 Å². The fraction of sp³-hybridized carbons (Fsp3) is 0.533. The average molecular weight is 245 g/mol. The molecule has 0 unspecified atom stereocenters. The smallest absolute Gasteiger partial charge is 0.309 e. The number of hydrogen-bond donors (Lipinski definition) is 1. The number of benzene rings is 1. The highest BCUT2D eigenvalue weighted by molar-refractivity contribution is 5.72. The Morgan fingerprint density at radius 2 is 1.94 bits per heavy atom. The van der Waals surface area contributed by atoms with Gasteiger partial charge in [0.05, 0.1) is 5.92 Å². The van der Waals surface area contributed by atoms with Crippen molar-refractivity contribution in [2.45, 2.75) is 37.8 Å². The first-order valence-electron chi connectivity index (χ1n) is 6.73. The highest BCUT2D eigenvalue weighted by Gasteiger charge is 2.45. The van der Waals surface area contributed by atoms with E-state index in [1.54, 1.807) is 0 Å². The molecule has 3 rings (SSSR count). The van der Waals surface area contributed by atoms with Crippen molar-refractivity contribution in [1.82, 2.24) is 5.32 Å². The molecule has 1 aliphatic heterocycles. The topological polar surface area (TPSA) is 48.2 Å². The van der Waals surface area contributed by atoms with Gasteiger partial charge in [0.25, 0.3) is 0 Å². The van der Waals surface area contributed by atoms with E-state index >= 15 is 0 Å². The van der Waals surface area contributed by atoms with Gasteiger partial charge in [0, 0.05) is 12.1 Å². The van der Waals surface area contributed by atoms with Crippen LogP contribution in [0.5, 0.6) is 0 Å². The van der Waals surface area contributed by atoms with Gasteiger partial charge in [0.15, 0.2) is 0 Å². The van der Waals surface area contributed by atoms with Gasteiger partial charge in [0.2, 0.25) is 0 Å². The van der Waals surface area contributed by atoms with Crippen LogP contribution in [-0.2, 0) is 16.1 Å². The number of ether oxygens (including phenoxy) is 1. The predicted molar refractivity (Wildman–Crippen MR) is 68.9 cm³/mol. The zero-order valence-electron chi connectivity index (χ0n) is 10.5. The van der Waals surface area contributed by atoms with Gasteiger partial charge >= 0.3 is 5.97 Å². The molecule has 96 valence electrons. The van der Waals surface area contributed by atoms with Crippen LogP contribution in [0.3, 0.4) is 0 Å². The molecule has 1 aromatic rings. The Balaban J connectivity index is 1.47. The van der Waals surface area contributed by atoms with E-state index in [2.05, 4.69) is 5.32 Å². The van der Waals surface area contributed by atoms with E-state index in [1.807, 2.05) is 30.3 Å².